The number of likely N-dealkylation sites (tertiary alicyclic amines) is 1. The highest BCUT2D eigenvalue weighted by atomic mass is 32.1. The van der Waals surface area contributed by atoms with Crippen LogP contribution in [-0.4, -0.2) is 41.5 Å². The van der Waals surface area contributed by atoms with E-state index in [1.807, 2.05) is 12.1 Å². The van der Waals surface area contributed by atoms with E-state index in [9.17, 15) is 4.79 Å². The predicted octanol–water partition coefficient (Wildman–Crippen LogP) is 2.09. The first-order valence-corrected chi connectivity index (χ1v) is 8.13. The van der Waals surface area contributed by atoms with E-state index in [1.165, 1.54) is 24.2 Å². The molecule has 0 saturated carbocycles. The molecule has 0 radical (unpaired) electrons. The van der Waals surface area contributed by atoms with Gasteiger partial charge in [-0.1, -0.05) is 11.3 Å². The van der Waals surface area contributed by atoms with E-state index in [0.717, 1.165) is 23.3 Å². The van der Waals surface area contributed by atoms with E-state index in [-0.39, 0.29) is 5.91 Å². The van der Waals surface area contributed by atoms with Gasteiger partial charge in [0.15, 0.2) is 5.13 Å². The van der Waals surface area contributed by atoms with Crippen molar-refractivity contribution < 1.29 is 4.79 Å². The number of nitrogens with one attached hydrogen (secondary N) is 1. The smallest absolute Gasteiger partial charge is 0.251 e. The minimum Gasteiger partial charge on any atom is -0.375 e. The molecule has 0 bridgehead atoms. The van der Waals surface area contributed by atoms with Crippen molar-refractivity contribution in [2.75, 3.05) is 25.4 Å². The Kier molecular flexibility index (Phi) is 4.07. The van der Waals surface area contributed by atoms with E-state index in [2.05, 4.69) is 22.1 Å². The maximum Gasteiger partial charge on any atom is 0.251 e. The second-order valence-electron chi connectivity index (χ2n) is 5.54. The number of thiazole rings is 1. The number of amides is 1. The number of nitrogen functional groups attached to an aromatic ring is 1. The number of benzene rings is 1. The molecule has 6 heteroatoms. The largest absolute Gasteiger partial charge is 0.375 e. The van der Waals surface area contributed by atoms with Crippen LogP contribution in [0.5, 0.6) is 0 Å². The Balaban J connectivity index is 1.63. The van der Waals surface area contributed by atoms with Crippen LogP contribution in [0.25, 0.3) is 10.2 Å². The molecule has 3 N–H and O–H groups in total. The Bertz CT molecular complexity index is 648. The maximum atomic E-state index is 12.2. The third kappa shape index (κ3) is 3.16. The molecule has 2 heterocycles. The number of hydrogen-bond donors (Lipinski definition) is 2. The summed E-state index contributed by atoms with van der Waals surface area (Å²) in [5.74, 6) is -0.0325. The lowest BCUT2D eigenvalue weighted by atomic mass is 10.2. The van der Waals surface area contributed by atoms with Crippen LogP contribution in [0.2, 0.25) is 0 Å². The zero-order valence-electron chi connectivity index (χ0n) is 12.1. The van der Waals surface area contributed by atoms with Crippen LogP contribution in [-0.2, 0) is 0 Å². The van der Waals surface area contributed by atoms with Gasteiger partial charge < -0.3 is 11.1 Å². The molecule has 1 amide bonds. The first-order chi connectivity index (χ1) is 10.1. The normalized spacial score (nSPS) is 17.2. The Hall–Kier alpha value is -1.66. The Morgan fingerprint density at radius 1 is 1.48 bits per heavy atom. The number of fused-ring (bicyclic) bond motifs is 1. The zero-order chi connectivity index (χ0) is 14.8. The minimum atomic E-state index is -0.0325. The van der Waals surface area contributed by atoms with Crippen LogP contribution in [0.3, 0.4) is 0 Å². The molecule has 21 heavy (non-hydrogen) atoms. The lowest BCUT2D eigenvalue weighted by molar-refractivity contribution is 0.0940. The van der Waals surface area contributed by atoms with Crippen molar-refractivity contribution >= 4 is 32.6 Å². The number of hydrogen-bond acceptors (Lipinski definition) is 5. The molecule has 5 nitrogen and oxygen atoms in total. The van der Waals surface area contributed by atoms with Crippen molar-refractivity contribution in [3.63, 3.8) is 0 Å². The van der Waals surface area contributed by atoms with Gasteiger partial charge in [0.05, 0.1) is 10.2 Å². The standard InChI is InChI=1S/C15H20N4OS/c1-10(19-6-2-3-7-19)9-17-14(20)11-4-5-12-13(8-11)21-15(16)18-12/h4-5,8,10H,2-3,6-7,9H2,1H3,(H2,16,18)(H,17,20). The summed E-state index contributed by atoms with van der Waals surface area (Å²) < 4.78 is 0.952. The van der Waals surface area contributed by atoms with Crippen LogP contribution in [0.15, 0.2) is 18.2 Å². The number of aromatic nitrogens is 1. The van der Waals surface area contributed by atoms with Gasteiger partial charge in [-0.15, -0.1) is 0 Å². The topological polar surface area (TPSA) is 71.2 Å². The van der Waals surface area contributed by atoms with E-state index in [0.29, 0.717) is 23.3 Å². The summed E-state index contributed by atoms with van der Waals surface area (Å²) in [6, 6.07) is 5.90. The Morgan fingerprint density at radius 3 is 3.00 bits per heavy atom. The van der Waals surface area contributed by atoms with Crippen molar-refractivity contribution in [2.24, 2.45) is 0 Å². The van der Waals surface area contributed by atoms with Gasteiger partial charge in [0.25, 0.3) is 5.91 Å². The second kappa shape index (κ2) is 5.99. The number of carbonyl (C=O) groups excluding carboxylic acids is 1. The lowest BCUT2D eigenvalue weighted by Crippen LogP contribution is -2.40. The monoisotopic (exact) mass is 304 g/mol. The quantitative estimate of drug-likeness (QED) is 0.907. The number of carbonyl (C=O) groups is 1. The third-order valence-electron chi connectivity index (χ3n) is 3.99. The molecule has 1 unspecified atom stereocenters. The van der Waals surface area contributed by atoms with Crippen LogP contribution in [0, 0.1) is 0 Å². The van der Waals surface area contributed by atoms with Crippen molar-refractivity contribution in [1.82, 2.24) is 15.2 Å². The maximum absolute atomic E-state index is 12.2. The van der Waals surface area contributed by atoms with Gasteiger partial charge in [0, 0.05) is 18.2 Å². The molecule has 1 fully saturated rings. The minimum absolute atomic E-state index is 0.0325. The van der Waals surface area contributed by atoms with Gasteiger partial charge >= 0.3 is 0 Å². The van der Waals surface area contributed by atoms with Gasteiger partial charge in [0.1, 0.15) is 0 Å². The summed E-state index contributed by atoms with van der Waals surface area (Å²) in [5, 5.41) is 3.55. The van der Waals surface area contributed by atoms with Crippen LogP contribution in [0.1, 0.15) is 30.1 Å². The molecule has 1 aromatic heterocycles. The lowest BCUT2D eigenvalue weighted by Gasteiger charge is -2.23. The summed E-state index contributed by atoms with van der Waals surface area (Å²) in [6.07, 6.45) is 2.53. The fraction of sp³-hybridized carbons (Fsp3) is 0.467. The SMILES string of the molecule is CC(CNC(=O)c1ccc2nc(N)sc2c1)N1CCCC1. The van der Waals surface area contributed by atoms with Crippen LogP contribution in [0.4, 0.5) is 5.13 Å². The van der Waals surface area contributed by atoms with Crippen LogP contribution < -0.4 is 11.1 Å². The van der Waals surface area contributed by atoms with E-state index >= 15 is 0 Å². The summed E-state index contributed by atoms with van der Waals surface area (Å²) in [6.45, 7) is 5.13. The van der Waals surface area contributed by atoms with E-state index < -0.39 is 0 Å². The second-order valence-corrected chi connectivity index (χ2v) is 6.60. The molecule has 1 aliphatic rings. The van der Waals surface area contributed by atoms with Gasteiger partial charge in [-0.25, -0.2) is 4.98 Å². The molecule has 1 saturated heterocycles. The zero-order valence-corrected chi connectivity index (χ0v) is 12.9. The van der Waals surface area contributed by atoms with Crippen molar-refractivity contribution in [2.45, 2.75) is 25.8 Å². The van der Waals surface area contributed by atoms with E-state index in [1.54, 1.807) is 6.07 Å². The van der Waals surface area contributed by atoms with Crippen molar-refractivity contribution in [3.8, 4) is 0 Å². The highest BCUT2D eigenvalue weighted by molar-refractivity contribution is 7.22. The van der Waals surface area contributed by atoms with Gasteiger partial charge in [-0.2, -0.15) is 0 Å². The average molecular weight is 304 g/mol. The molecule has 1 aliphatic heterocycles. The molecule has 2 aromatic rings. The van der Waals surface area contributed by atoms with Gasteiger partial charge in [0.2, 0.25) is 0 Å². The summed E-state index contributed by atoms with van der Waals surface area (Å²) >= 11 is 1.41. The van der Waals surface area contributed by atoms with E-state index in [4.69, 9.17) is 5.73 Å². The summed E-state index contributed by atoms with van der Waals surface area (Å²) in [7, 11) is 0. The molecular weight excluding hydrogens is 284 g/mol. The highest BCUT2D eigenvalue weighted by Gasteiger charge is 2.18. The summed E-state index contributed by atoms with van der Waals surface area (Å²) in [4.78, 5) is 18.9. The van der Waals surface area contributed by atoms with Gasteiger partial charge in [-0.3, -0.25) is 9.69 Å². The fourth-order valence-corrected chi connectivity index (χ4v) is 3.51. The van der Waals surface area contributed by atoms with Gasteiger partial charge in [-0.05, 0) is 51.1 Å². The number of nitrogens with two attached hydrogens (primary N) is 1. The third-order valence-corrected chi connectivity index (χ3v) is 4.84. The number of anilines is 1. The highest BCUT2D eigenvalue weighted by Crippen LogP contribution is 2.24. The average Bonchev–Trinajstić information content (AvgIpc) is 3.11. The van der Waals surface area contributed by atoms with Crippen molar-refractivity contribution in [1.29, 1.82) is 0 Å². The first-order valence-electron chi connectivity index (χ1n) is 7.32. The molecule has 0 spiro atoms. The number of rotatable bonds is 4. The molecule has 3 rings (SSSR count). The number of nitrogens with zero attached hydrogens (tertiary/aromatic N) is 2. The Morgan fingerprint density at radius 2 is 2.24 bits per heavy atom. The molecule has 112 valence electrons. The molecule has 1 aromatic carbocycles. The fourth-order valence-electron chi connectivity index (χ4n) is 2.74. The predicted molar refractivity (Wildman–Crippen MR) is 86.6 cm³/mol. The molecular formula is C15H20N4OS. The van der Waals surface area contributed by atoms with Crippen molar-refractivity contribution in [3.05, 3.63) is 23.8 Å². The van der Waals surface area contributed by atoms with Crippen LogP contribution >= 0.6 is 11.3 Å². The molecule has 0 aliphatic carbocycles. The summed E-state index contributed by atoms with van der Waals surface area (Å²) in [5.41, 5.74) is 7.20. The molecule has 1 atom stereocenters. The first kappa shape index (κ1) is 14.3. The Labute approximate surface area is 128 Å².